The molecule has 0 radical (unpaired) electrons. The predicted molar refractivity (Wildman–Crippen MR) is 72.9 cm³/mol. The molecule has 0 saturated heterocycles. The van der Waals surface area contributed by atoms with Crippen LogP contribution < -0.4 is 5.32 Å². The average molecular weight is 311 g/mol. The fourth-order valence-corrected chi connectivity index (χ4v) is 2.55. The molecule has 6 heteroatoms. The van der Waals surface area contributed by atoms with Gasteiger partial charge in [0.1, 0.15) is 0 Å². The van der Waals surface area contributed by atoms with Crippen LogP contribution >= 0.6 is 15.9 Å². The number of halogens is 1. The summed E-state index contributed by atoms with van der Waals surface area (Å²) in [5.74, 6) is 0.254. The normalized spacial score (nSPS) is 12.9. The Hall–Kier alpha value is -1.43. The number of rotatable bonds is 4. The van der Waals surface area contributed by atoms with E-state index in [2.05, 4.69) is 45.2 Å². The summed E-state index contributed by atoms with van der Waals surface area (Å²) in [5.41, 5.74) is 1.27. The minimum absolute atomic E-state index is 0.101. The first-order valence-electron chi connectivity index (χ1n) is 5.77. The summed E-state index contributed by atoms with van der Waals surface area (Å²) in [7, 11) is 0. The number of fused-ring (bicyclic) bond motifs is 1. The van der Waals surface area contributed by atoms with Crippen molar-refractivity contribution < 1.29 is 4.79 Å². The molecule has 0 aliphatic rings. The zero-order chi connectivity index (χ0) is 13.1. The largest absolute Gasteiger partial charge is 0.348 e. The Kier molecular flexibility index (Phi) is 3.96. The molecule has 0 bridgehead atoms. The van der Waals surface area contributed by atoms with Crippen molar-refractivity contribution in [1.29, 1.82) is 0 Å². The highest BCUT2D eigenvalue weighted by molar-refractivity contribution is 9.09. The van der Waals surface area contributed by atoms with Crippen molar-refractivity contribution in [3.05, 3.63) is 30.4 Å². The summed E-state index contributed by atoms with van der Waals surface area (Å²) < 4.78 is 1.64. The van der Waals surface area contributed by atoms with Gasteiger partial charge in [-0.1, -0.05) is 29.8 Å². The molecule has 1 amide bonds. The average Bonchev–Trinajstić information content (AvgIpc) is 2.79. The Morgan fingerprint density at radius 3 is 2.94 bits per heavy atom. The molecule has 5 nitrogen and oxygen atoms in total. The van der Waals surface area contributed by atoms with Crippen molar-refractivity contribution in [2.45, 2.75) is 19.9 Å². The molecule has 0 aliphatic carbocycles. The topological polar surface area (TPSA) is 59.3 Å². The van der Waals surface area contributed by atoms with Crippen LogP contribution in [0.5, 0.6) is 0 Å². The van der Waals surface area contributed by atoms with Crippen molar-refractivity contribution in [3.63, 3.8) is 0 Å². The van der Waals surface area contributed by atoms with E-state index in [9.17, 15) is 4.79 Å². The first-order valence-corrected chi connectivity index (χ1v) is 6.89. The summed E-state index contributed by atoms with van der Waals surface area (Å²) >= 11 is 3.41. The zero-order valence-electron chi connectivity index (χ0n) is 10.3. The van der Waals surface area contributed by atoms with Gasteiger partial charge in [0.2, 0.25) is 0 Å². The van der Waals surface area contributed by atoms with E-state index in [4.69, 9.17) is 0 Å². The van der Waals surface area contributed by atoms with Crippen LogP contribution in [0, 0.1) is 5.92 Å². The zero-order valence-corrected chi connectivity index (χ0v) is 11.9. The summed E-state index contributed by atoms with van der Waals surface area (Å²) in [6.07, 6.45) is 6.56. The Labute approximate surface area is 114 Å². The first-order chi connectivity index (χ1) is 8.63. The van der Waals surface area contributed by atoms with Crippen LogP contribution in [0.4, 0.5) is 0 Å². The molecule has 0 spiro atoms. The van der Waals surface area contributed by atoms with E-state index in [-0.39, 0.29) is 11.9 Å². The van der Waals surface area contributed by atoms with Crippen molar-refractivity contribution in [2.24, 2.45) is 5.92 Å². The van der Waals surface area contributed by atoms with Gasteiger partial charge in [-0.3, -0.25) is 9.78 Å². The predicted octanol–water partition coefficient (Wildman–Crippen LogP) is 1.88. The van der Waals surface area contributed by atoms with E-state index >= 15 is 0 Å². The van der Waals surface area contributed by atoms with Gasteiger partial charge in [-0.15, -0.1) is 0 Å². The molecule has 2 aromatic rings. The summed E-state index contributed by atoms with van der Waals surface area (Å²) in [6, 6.07) is 0.101. The standard InChI is InChI=1S/C12H15BrN4O/c1-8(2)10(5-13)16-12(18)9-6-15-17-4-3-14-7-11(9)17/h3-4,6-8,10H,5H2,1-2H3,(H,16,18). The van der Waals surface area contributed by atoms with Crippen LogP contribution in [-0.2, 0) is 0 Å². The lowest BCUT2D eigenvalue weighted by Crippen LogP contribution is -2.39. The van der Waals surface area contributed by atoms with Crippen molar-refractivity contribution in [2.75, 3.05) is 5.33 Å². The fourth-order valence-electron chi connectivity index (χ4n) is 1.64. The van der Waals surface area contributed by atoms with E-state index in [0.29, 0.717) is 17.0 Å². The maximum absolute atomic E-state index is 12.2. The monoisotopic (exact) mass is 310 g/mol. The molecule has 1 unspecified atom stereocenters. The molecule has 1 N–H and O–H groups in total. The van der Waals surface area contributed by atoms with Crippen molar-refractivity contribution in [3.8, 4) is 0 Å². The number of amides is 1. The quantitative estimate of drug-likeness (QED) is 0.877. The Morgan fingerprint density at radius 2 is 2.28 bits per heavy atom. The highest BCUT2D eigenvalue weighted by Gasteiger charge is 2.18. The van der Waals surface area contributed by atoms with Crippen LogP contribution in [0.2, 0.25) is 0 Å². The number of hydrogen-bond donors (Lipinski definition) is 1. The molecule has 2 aromatic heterocycles. The molecule has 2 rings (SSSR count). The molecule has 0 aliphatic heterocycles. The van der Waals surface area contributed by atoms with Crippen LogP contribution in [0.3, 0.4) is 0 Å². The van der Waals surface area contributed by atoms with Gasteiger partial charge >= 0.3 is 0 Å². The molecule has 96 valence electrons. The summed E-state index contributed by atoms with van der Waals surface area (Å²) in [5, 5.41) is 7.85. The number of carbonyl (C=O) groups is 1. The van der Waals surface area contributed by atoms with Crippen LogP contribution in [0.25, 0.3) is 5.52 Å². The molecule has 0 fully saturated rings. The Balaban J connectivity index is 2.23. The molecule has 1 atom stereocenters. The molecule has 18 heavy (non-hydrogen) atoms. The van der Waals surface area contributed by atoms with E-state index in [1.165, 1.54) is 0 Å². The van der Waals surface area contributed by atoms with Crippen LogP contribution in [-0.4, -0.2) is 31.9 Å². The van der Waals surface area contributed by atoms with Gasteiger partial charge in [0.05, 0.1) is 23.5 Å². The second-order valence-corrected chi connectivity index (χ2v) is 5.09. The third-order valence-corrected chi connectivity index (χ3v) is 3.55. The Morgan fingerprint density at radius 1 is 1.50 bits per heavy atom. The number of alkyl halides is 1. The molecule has 2 heterocycles. The second-order valence-electron chi connectivity index (χ2n) is 4.44. The third-order valence-electron chi connectivity index (χ3n) is 2.86. The SMILES string of the molecule is CC(C)C(CBr)NC(=O)c1cnn2ccncc12. The highest BCUT2D eigenvalue weighted by Crippen LogP contribution is 2.11. The van der Waals surface area contributed by atoms with Gasteiger partial charge in [0, 0.05) is 23.8 Å². The summed E-state index contributed by atoms with van der Waals surface area (Å²) in [4.78, 5) is 16.2. The third kappa shape index (κ3) is 2.53. The smallest absolute Gasteiger partial charge is 0.255 e. The van der Waals surface area contributed by atoms with Crippen LogP contribution in [0.1, 0.15) is 24.2 Å². The lowest BCUT2D eigenvalue weighted by Gasteiger charge is -2.19. The van der Waals surface area contributed by atoms with Gasteiger partial charge in [0.15, 0.2) is 0 Å². The molecule has 0 saturated carbocycles. The lowest BCUT2D eigenvalue weighted by molar-refractivity contribution is 0.0933. The second kappa shape index (κ2) is 5.48. The van der Waals surface area contributed by atoms with Gasteiger partial charge < -0.3 is 5.32 Å². The van der Waals surface area contributed by atoms with E-state index < -0.39 is 0 Å². The number of nitrogens with one attached hydrogen (secondary N) is 1. The maximum Gasteiger partial charge on any atom is 0.255 e. The minimum Gasteiger partial charge on any atom is -0.348 e. The van der Waals surface area contributed by atoms with Crippen molar-refractivity contribution >= 4 is 27.4 Å². The van der Waals surface area contributed by atoms with Gasteiger partial charge in [0.25, 0.3) is 5.91 Å². The van der Waals surface area contributed by atoms with Gasteiger partial charge in [-0.05, 0) is 5.92 Å². The minimum atomic E-state index is -0.115. The first kappa shape index (κ1) is 13.0. The van der Waals surface area contributed by atoms with Crippen molar-refractivity contribution in [1.82, 2.24) is 19.9 Å². The lowest BCUT2D eigenvalue weighted by atomic mass is 10.1. The number of hydrogen-bond acceptors (Lipinski definition) is 3. The number of carbonyl (C=O) groups excluding carboxylic acids is 1. The van der Waals surface area contributed by atoms with Crippen LogP contribution in [0.15, 0.2) is 24.8 Å². The fraction of sp³-hybridized carbons (Fsp3) is 0.417. The van der Waals surface area contributed by atoms with E-state index in [1.807, 2.05) is 0 Å². The number of nitrogens with zero attached hydrogens (tertiary/aromatic N) is 3. The number of aromatic nitrogens is 3. The molecule has 0 aromatic carbocycles. The summed E-state index contributed by atoms with van der Waals surface area (Å²) in [6.45, 7) is 4.15. The van der Waals surface area contributed by atoms with Gasteiger partial charge in [-0.2, -0.15) is 5.10 Å². The maximum atomic E-state index is 12.2. The highest BCUT2D eigenvalue weighted by atomic mass is 79.9. The Bertz CT molecular complexity index is 552. The molecular weight excluding hydrogens is 296 g/mol. The van der Waals surface area contributed by atoms with Gasteiger partial charge in [-0.25, -0.2) is 4.52 Å². The molecular formula is C12H15BrN4O. The van der Waals surface area contributed by atoms with E-state index in [1.54, 1.807) is 29.3 Å². The van der Waals surface area contributed by atoms with E-state index in [0.717, 1.165) is 5.33 Å².